The summed E-state index contributed by atoms with van der Waals surface area (Å²) >= 11 is 0. The Balaban J connectivity index is 1.32. The highest BCUT2D eigenvalue weighted by Gasteiger charge is 2.25. The maximum atomic E-state index is 11.9. The number of fused-ring (bicyclic) bond motifs is 1. The standard InChI is InChI=1S/C56H49N3O/c1-35-21-23-39(24-22-35)42-25-26-57-50(33-42)44-30-43(31-45(32-44)56(5,6)7)46-19-14-20-51-53(46)58-55(49-28-36(2)27-38(4)54(49)60)59(51)52-34-47(40-15-10-8-11-16-40)37(3)29-48(52)41-17-12-9-13-18-41/h8-34,60H,1-7H3/i1D3,21D,22D,23D,24D. The Morgan fingerprint density at radius 2 is 1.27 bits per heavy atom. The molecule has 0 spiro atoms. The van der Waals surface area contributed by atoms with E-state index >= 15 is 0 Å². The molecule has 60 heavy (non-hydrogen) atoms. The Morgan fingerprint density at radius 1 is 0.567 bits per heavy atom. The van der Waals surface area contributed by atoms with Gasteiger partial charge in [0, 0.05) is 27.0 Å². The first-order valence-corrected chi connectivity index (χ1v) is 20.1. The van der Waals surface area contributed by atoms with Gasteiger partial charge in [-0.15, -0.1) is 0 Å². The van der Waals surface area contributed by atoms with Crippen LogP contribution in [0.1, 0.15) is 58.2 Å². The van der Waals surface area contributed by atoms with Crippen LogP contribution in [0.3, 0.4) is 0 Å². The van der Waals surface area contributed by atoms with Crippen molar-refractivity contribution in [1.29, 1.82) is 0 Å². The third kappa shape index (κ3) is 7.20. The lowest BCUT2D eigenvalue weighted by Crippen LogP contribution is -2.11. The lowest BCUT2D eigenvalue weighted by Gasteiger charge is -2.22. The van der Waals surface area contributed by atoms with Crippen LogP contribution in [-0.2, 0) is 5.41 Å². The number of imidazole rings is 1. The van der Waals surface area contributed by atoms with Crippen LogP contribution in [0.2, 0.25) is 0 Å². The summed E-state index contributed by atoms with van der Waals surface area (Å²) in [7, 11) is 0. The van der Waals surface area contributed by atoms with Crippen molar-refractivity contribution >= 4 is 11.0 Å². The maximum Gasteiger partial charge on any atom is 0.149 e. The number of aryl methyl sites for hydroxylation is 3. The Bertz CT molecular complexity index is 3380. The maximum absolute atomic E-state index is 11.9. The largest absolute Gasteiger partial charge is 0.507 e. The van der Waals surface area contributed by atoms with Crippen molar-refractivity contribution in [3.8, 4) is 78.6 Å². The molecule has 0 aliphatic rings. The van der Waals surface area contributed by atoms with Crippen LogP contribution in [0.5, 0.6) is 5.75 Å². The van der Waals surface area contributed by atoms with E-state index in [-0.39, 0.29) is 16.7 Å². The summed E-state index contributed by atoms with van der Waals surface area (Å²) in [5.41, 5.74) is 13.5. The average molecular weight is 787 g/mol. The van der Waals surface area contributed by atoms with Crippen LogP contribution in [-0.4, -0.2) is 19.6 Å². The van der Waals surface area contributed by atoms with E-state index in [1.165, 1.54) is 0 Å². The summed E-state index contributed by atoms with van der Waals surface area (Å²) in [4.78, 5) is 10.3. The quantitative estimate of drug-likeness (QED) is 0.175. The van der Waals surface area contributed by atoms with E-state index in [0.717, 1.165) is 72.4 Å². The monoisotopic (exact) mass is 786 g/mol. The van der Waals surface area contributed by atoms with Crippen LogP contribution < -0.4 is 0 Å². The number of hydrogen-bond acceptors (Lipinski definition) is 3. The molecule has 2 aromatic heterocycles. The summed E-state index contributed by atoms with van der Waals surface area (Å²) < 4.78 is 60.7. The number of phenolic OH excluding ortho intramolecular Hbond substituents is 1. The van der Waals surface area contributed by atoms with Gasteiger partial charge in [-0.1, -0.05) is 135 Å². The van der Waals surface area contributed by atoms with E-state index in [9.17, 15) is 5.11 Å². The van der Waals surface area contributed by atoms with Crippen LogP contribution in [0.25, 0.3) is 83.9 Å². The predicted octanol–water partition coefficient (Wildman–Crippen LogP) is 14.7. The minimum Gasteiger partial charge on any atom is -0.507 e. The lowest BCUT2D eigenvalue weighted by molar-refractivity contribution is 0.472. The minimum absolute atomic E-state index is 0.00211. The molecule has 4 heteroatoms. The Labute approximate surface area is 363 Å². The number of phenols is 1. The Morgan fingerprint density at radius 3 is 1.97 bits per heavy atom. The van der Waals surface area contributed by atoms with Crippen molar-refractivity contribution in [3.63, 3.8) is 0 Å². The lowest BCUT2D eigenvalue weighted by atomic mass is 9.83. The fraction of sp³-hybridized carbons (Fsp3) is 0.143. The van der Waals surface area contributed by atoms with Crippen LogP contribution in [0.15, 0.2) is 164 Å². The van der Waals surface area contributed by atoms with Gasteiger partial charge < -0.3 is 5.11 Å². The topological polar surface area (TPSA) is 50.9 Å². The zero-order valence-corrected chi connectivity index (χ0v) is 34.6. The molecule has 9 rings (SSSR count). The summed E-state index contributed by atoms with van der Waals surface area (Å²) in [6, 6.07) is 42.8. The molecule has 0 unspecified atom stereocenters. The van der Waals surface area contributed by atoms with Gasteiger partial charge in [0.2, 0.25) is 0 Å². The molecule has 0 atom stereocenters. The van der Waals surface area contributed by atoms with Crippen molar-refractivity contribution in [2.24, 2.45) is 0 Å². The van der Waals surface area contributed by atoms with Gasteiger partial charge in [0.1, 0.15) is 11.6 Å². The molecular weight excluding hydrogens is 731 g/mol. The normalized spacial score (nSPS) is 13.5. The number of benzene rings is 7. The number of hydrogen-bond donors (Lipinski definition) is 1. The van der Waals surface area contributed by atoms with Crippen molar-refractivity contribution in [2.45, 2.75) is 53.8 Å². The minimum atomic E-state index is -2.82. The molecule has 0 bridgehead atoms. The van der Waals surface area contributed by atoms with Gasteiger partial charge in [0.15, 0.2) is 0 Å². The van der Waals surface area contributed by atoms with E-state index in [1.807, 2.05) is 74.5 Å². The summed E-state index contributed by atoms with van der Waals surface area (Å²) in [6.45, 7) is 9.65. The number of rotatable bonds is 7. The van der Waals surface area contributed by atoms with Crippen molar-refractivity contribution in [2.75, 3.05) is 0 Å². The number of pyridine rings is 1. The van der Waals surface area contributed by atoms with Crippen molar-refractivity contribution in [3.05, 3.63) is 192 Å². The molecule has 294 valence electrons. The smallest absolute Gasteiger partial charge is 0.149 e. The van der Waals surface area contributed by atoms with Crippen molar-refractivity contribution in [1.82, 2.24) is 14.5 Å². The highest BCUT2D eigenvalue weighted by atomic mass is 16.3. The SMILES string of the molecule is [2H]c1c([2H])c(C([2H])([2H])[2H])c([2H])c([2H])c1-c1ccnc(-c2cc(-c3cccc4c3nc(-c3cc(C)cc(C)c3O)n4-c3cc(-c4ccccc4)c(C)cc3-c3ccccc3)cc(C(C)(C)C)c2)c1. The molecule has 9 aromatic rings. The van der Waals surface area contributed by atoms with Gasteiger partial charge in [-0.2, -0.15) is 0 Å². The Hall–Kier alpha value is -7.04. The second kappa shape index (κ2) is 15.3. The zero-order chi connectivity index (χ0) is 47.7. The van der Waals surface area contributed by atoms with Gasteiger partial charge in [-0.05, 0) is 137 Å². The van der Waals surface area contributed by atoms with Crippen LogP contribution >= 0.6 is 0 Å². The van der Waals surface area contributed by atoms with Gasteiger partial charge in [0.05, 0.1) is 33.5 Å². The molecule has 0 aliphatic heterocycles. The van der Waals surface area contributed by atoms with Gasteiger partial charge in [0.25, 0.3) is 0 Å². The third-order valence-electron chi connectivity index (χ3n) is 11.2. The molecule has 0 aliphatic carbocycles. The van der Waals surface area contributed by atoms with E-state index in [1.54, 1.807) is 18.3 Å². The molecule has 0 saturated carbocycles. The second-order valence-electron chi connectivity index (χ2n) is 16.6. The predicted molar refractivity (Wildman–Crippen MR) is 251 cm³/mol. The van der Waals surface area contributed by atoms with E-state index in [2.05, 4.69) is 92.9 Å². The molecule has 4 nitrogen and oxygen atoms in total. The van der Waals surface area contributed by atoms with E-state index < -0.39 is 36.6 Å². The molecule has 0 amide bonds. The molecule has 7 aromatic carbocycles. The van der Waals surface area contributed by atoms with Gasteiger partial charge in [-0.3, -0.25) is 9.55 Å². The van der Waals surface area contributed by atoms with Gasteiger partial charge >= 0.3 is 0 Å². The molecule has 0 fully saturated rings. The highest BCUT2D eigenvalue weighted by Crippen LogP contribution is 2.44. The third-order valence-corrected chi connectivity index (χ3v) is 11.2. The first-order valence-electron chi connectivity index (χ1n) is 23.6. The Kier molecular flexibility index (Phi) is 7.89. The number of para-hydroxylation sites is 1. The molecule has 0 radical (unpaired) electrons. The molecule has 0 saturated heterocycles. The average Bonchev–Trinajstić information content (AvgIpc) is 3.69. The number of aromatic nitrogens is 3. The van der Waals surface area contributed by atoms with Crippen LogP contribution in [0.4, 0.5) is 0 Å². The molecule has 2 heterocycles. The van der Waals surface area contributed by atoms with Crippen molar-refractivity contribution < 1.29 is 14.7 Å². The fourth-order valence-corrected chi connectivity index (χ4v) is 8.11. The van der Waals surface area contributed by atoms with E-state index in [0.29, 0.717) is 28.2 Å². The number of nitrogens with zero attached hydrogens (tertiary/aromatic N) is 3. The fourth-order valence-electron chi connectivity index (χ4n) is 8.11. The van der Waals surface area contributed by atoms with E-state index in [4.69, 9.17) is 19.6 Å². The zero-order valence-electron chi connectivity index (χ0n) is 41.6. The second-order valence-corrected chi connectivity index (χ2v) is 16.6. The first-order chi connectivity index (χ1) is 31.8. The summed E-state index contributed by atoms with van der Waals surface area (Å²) in [5.74, 6) is 0.732. The molecular formula is C56H49N3O. The number of aromatic hydroxyl groups is 1. The summed E-state index contributed by atoms with van der Waals surface area (Å²) in [5, 5.41) is 11.9. The molecule has 1 N–H and O–H groups in total. The highest BCUT2D eigenvalue weighted by molar-refractivity contribution is 5.98. The first kappa shape index (κ1) is 31.0. The van der Waals surface area contributed by atoms with Crippen LogP contribution in [0, 0.1) is 27.6 Å². The van der Waals surface area contributed by atoms with Gasteiger partial charge in [-0.25, -0.2) is 4.98 Å². The summed E-state index contributed by atoms with van der Waals surface area (Å²) in [6.07, 6.45) is 1.57.